The molecule has 0 rings (SSSR count). The molecule has 0 amide bonds. The summed E-state index contributed by atoms with van der Waals surface area (Å²) in [5.74, 6) is -2.50. The van der Waals surface area contributed by atoms with Crippen LogP contribution in [0.5, 0.6) is 0 Å². The first kappa shape index (κ1) is 13.1. The maximum atomic E-state index is 9.85. The van der Waals surface area contributed by atoms with E-state index >= 15 is 0 Å². The zero-order chi connectivity index (χ0) is 7.44. The standard InChI is InChI=1S/C4H7NO4.K.H/c5-2(4(8)9)1-3(6)7;;/h2H,1,5H2,(H,6,7)(H,8,9);;/q;+1;-1/t2-;;/m0../s1. The van der Waals surface area contributed by atoms with E-state index in [1.54, 1.807) is 0 Å². The summed E-state index contributed by atoms with van der Waals surface area (Å²) in [6.45, 7) is 0. The average Bonchev–Trinajstić information content (AvgIpc) is 1.63. The maximum absolute atomic E-state index is 9.85. The van der Waals surface area contributed by atoms with E-state index in [-0.39, 0.29) is 52.8 Å². The molecule has 0 aliphatic heterocycles. The molecule has 0 fully saturated rings. The summed E-state index contributed by atoms with van der Waals surface area (Å²) in [4.78, 5) is 19.6. The van der Waals surface area contributed by atoms with Crippen LogP contribution >= 0.6 is 0 Å². The van der Waals surface area contributed by atoms with Gasteiger partial charge in [0.15, 0.2) is 0 Å². The molecule has 0 aromatic carbocycles. The van der Waals surface area contributed by atoms with Gasteiger partial charge in [-0.15, -0.1) is 0 Å². The Morgan fingerprint density at radius 2 is 1.90 bits per heavy atom. The molecule has 0 saturated carbocycles. The molecule has 0 saturated heterocycles. The minimum absolute atomic E-state index is 0. The molecular weight excluding hydrogens is 165 g/mol. The first-order valence-electron chi connectivity index (χ1n) is 2.24. The molecule has 0 aliphatic carbocycles. The van der Waals surface area contributed by atoms with Crippen LogP contribution in [0.25, 0.3) is 0 Å². The van der Waals surface area contributed by atoms with E-state index in [9.17, 15) is 9.59 Å². The predicted octanol–water partition coefficient (Wildman–Crippen LogP) is -4.01. The van der Waals surface area contributed by atoms with E-state index in [0.717, 1.165) is 0 Å². The monoisotopic (exact) mass is 173 g/mol. The molecule has 4 N–H and O–H groups in total. The third kappa shape index (κ3) is 6.65. The summed E-state index contributed by atoms with van der Waals surface area (Å²) in [5.41, 5.74) is 4.84. The van der Waals surface area contributed by atoms with Crippen molar-refractivity contribution >= 4 is 11.9 Å². The fraction of sp³-hybridized carbons (Fsp3) is 0.500. The van der Waals surface area contributed by atoms with E-state index in [4.69, 9.17) is 15.9 Å². The van der Waals surface area contributed by atoms with Gasteiger partial charge in [0.1, 0.15) is 6.04 Å². The zero-order valence-electron chi connectivity index (χ0n) is 6.57. The van der Waals surface area contributed by atoms with Crippen molar-refractivity contribution in [1.82, 2.24) is 0 Å². The molecule has 1 atom stereocenters. The van der Waals surface area contributed by atoms with Crippen LogP contribution < -0.4 is 57.1 Å². The molecule has 6 heteroatoms. The van der Waals surface area contributed by atoms with Crippen LogP contribution in [0.4, 0.5) is 0 Å². The van der Waals surface area contributed by atoms with Crippen molar-refractivity contribution in [2.75, 3.05) is 0 Å². The molecule has 0 unspecified atom stereocenters. The van der Waals surface area contributed by atoms with Gasteiger partial charge in [-0.05, 0) is 0 Å². The molecule has 0 aromatic rings. The third-order valence-electron chi connectivity index (χ3n) is 0.712. The molecule has 0 radical (unpaired) electrons. The van der Waals surface area contributed by atoms with Crippen molar-refractivity contribution in [3.63, 3.8) is 0 Å². The number of carbonyl (C=O) groups is 2. The second-order valence-corrected chi connectivity index (χ2v) is 1.54. The molecule has 5 nitrogen and oxygen atoms in total. The Morgan fingerprint density at radius 1 is 1.50 bits per heavy atom. The van der Waals surface area contributed by atoms with Crippen LogP contribution in [0, 0.1) is 0 Å². The molecule has 0 spiro atoms. The SMILES string of the molecule is N[C@@H](CC(=O)O)C(=O)O.[H-].[K+]. The Labute approximate surface area is 101 Å². The largest absolute Gasteiger partial charge is 1.00 e. The summed E-state index contributed by atoms with van der Waals surface area (Å²) in [6, 6.07) is -1.29. The van der Waals surface area contributed by atoms with Crippen LogP contribution in [0.1, 0.15) is 7.85 Å². The minimum atomic E-state index is -1.29. The topological polar surface area (TPSA) is 101 Å². The summed E-state index contributed by atoms with van der Waals surface area (Å²) in [6.07, 6.45) is -0.532. The van der Waals surface area contributed by atoms with E-state index < -0.39 is 24.4 Å². The van der Waals surface area contributed by atoms with Crippen molar-refractivity contribution in [2.24, 2.45) is 5.73 Å². The fourth-order valence-corrected chi connectivity index (χ4v) is 0.275. The van der Waals surface area contributed by atoms with Crippen molar-refractivity contribution in [1.29, 1.82) is 0 Å². The van der Waals surface area contributed by atoms with Gasteiger partial charge in [-0.3, -0.25) is 9.59 Å². The van der Waals surface area contributed by atoms with Crippen molar-refractivity contribution in [3.05, 3.63) is 0 Å². The van der Waals surface area contributed by atoms with Gasteiger partial charge in [0.2, 0.25) is 0 Å². The Kier molecular flexibility index (Phi) is 8.23. The average molecular weight is 173 g/mol. The maximum Gasteiger partial charge on any atom is 1.00 e. The van der Waals surface area contributed by atoms with Gasteiger partial charge < -0.3 is 17.4 Å². The molecule has 10 heavy (non-hydrogen) atoms. The number of aliphatic carboxylic acids is 2. The summed E-state index contributed by atoms with van der Waals surface area (Å²) >= 11 is 0. The number of rotatable bonds is 3. The summed E-state index contributed by atoms with van der Waals surface area (Å²) in [7, 11) is 0. The second kappa shape index (κ2) is 6.26. The first-order valence-corrected chi connectivity index (χ1v) is 2.24. The quantitative estimate of drug-likeness (QED) is 0.377. The van der Waals surface area contributed by atoms with Crippen LogP contribution in [-0.2, 0) is 9.59 Å². The van der Waals surface area contributed by atoms with E-state index in [1.165, 1.54) is 0 Å². The number of hydrogen-bond acceptors (Lipinski definition) is 3. The number of nitrogens with two attached hydrogens (primary N) is 1. The zero-order valence-corrected chi connectivity index (χ0v) is 8.70. The number of carboxylic acid groups (broad SMARTS) is 2. The van der Waals surface area contributed by atoms with Crippen molar-refractivity contribution in [2.45, 2.75) is 12.5 Å². The van der Waals surface area contributed by atoms with Gasteiger partial charge in [0, 0.05) is 0 Å². The van der Waals surface area contributed by atoms with E-state index in [2.05, 4.69) is 0 Å². The fourth-order valence-electron chi connectivity index (χ4n) is 0.275. The summed E-state index contributed by atoms with van der Waals surface area (Å²) < 4.78 is 0. The number of carboxylic acids is 2. The molecule has 0 aromatic heterocycles. The predicted molar refractivity (Wildman–Crippen MR) is 29.0 cm³/mol. The van der Waals surface area contributed by atoms with Crippen LogP contribution in [0.3, 0.4) is 0 Å². The Bertz CT molecular complexity index is 142. The Hall–Kier alpha value is 0.536. The third-order valence-corrected chi connectivity index (χ3v) is 0.712. The van der Waals surface area contributed by atoms with Gasteiger partial charge >= 0.3 is 63.3 Å². The Morgan fingerprint density at radius 3 is 2.00 bits per heavy atom. The molecule has 54 valence electrons. The van der Waals surface area contributed by atoms with E-state index in [0.29, 0.717) is 0 Å². The molecule has 0 aliphatic rings. The minimum Gasteiger partial charge on any atom is -1.00 e. The second-order valence-electron chi connectivity index (χ2n) is 1.54. The van der Waals surface area contributed by atoms with Gasteiger partial charge in [-0.2, -0.15) is 0 Å². The van der Waals surface area contributed by atoms with Gasteiger partial charge in [-0.1, -0.05) is 0 Å². The van der Waals surface area contributed by atoms with Crippen LogP contribution in [0.2, 0.25) is 0 Å². The molecular formula is C4H8KNO4. The van der Waals surface area contributed by atoms with Gasteiger partial charge in [0.25, 0.3) is 0 Å². The summed E-state index contributed by atoms with van der Waals surface area (Å²) in [5, 5.41) is 16.0. The van der Waals surface area contributed by atoms with Crippen molar-refractivity contribution < 1.29 is 72.6 Å². The number of hydrogen-bond donors (Lipinski definition) is 3. The molecule has 0 heterocycles. The normalized spacial score (nSPS) is 11.3. The van der Waals surface area contributed by atoms with E-state index in [1.807, 2.05) is 0 Å². The Balaban J connectivity index is -0.000000320. The van der Waals surface area contributed by atoms with Gasteiger partial charge in [0.05, 0.1) is 6.42 Å². The smallest absolute Gasteiger partial charge is 1.00 e. The first-order chi connectivity index (χ1) is 4.04. The van der Waals surface area contributed by atoms with Gasteiger partial charge in [-0.25, -0.2) is 0 Å². The van der Waals surface area contributed by atoms with Crippen molar-refractivity contribution in [3.8, 4) is 0 Å². The van der Waals surface area contributed by atoms with Crippen LogP contribution in [-0.4, -0.2) is 28.2 Å². The molecule has 0 bridgehead atoms. The van der Waals surface area contributed by atoms with Crippen LogP contribution in [0.15, 0.2) is 0 Å².